The molecule has 1 saturated heterocycles. The Hall–Kier alpha value is -3.89. The van der Waals surface area contributed by atoms with Gasteiger partial charge in [0.05, 0.1) is 0 Å². The average Bonchev–Trinajstić information content (AvgIpc) is 3.26. The number of phenols is 1. The van der Waals surface area contributed by atoms with Crippen LogP contribution in [0.15, 0.2) is 66.7 Å². The lowest BCUT2D eigenvalue weighted by atomic mass is 9.97. The van der Waals surface area contributed by atoms with E-state index >= 15 is 0 Å². The Morgan fingerprint density at radius 2 is 1.67 bits per heavy atom. The molecule has 0 amide bonds. The summed E-state index contributed by atoms with van der Waals surface area (Å²) < 4.78 is 48.7. The number of alkyl halides is 3. The van der Waals surface area contributed by atoms with E-state index < -0.39 is 12.1 Å². The lowest BCUT2D eigenvalue weighted by Gasteiger charge is -2.38. The zero-order valence-corrected chi connectivity index (χ0v) is 21.6. The van der Waals surface area contributed by atoms with Crippen molar-refractivity contribution in [1.82, 2.24) is 4.90 Å². The molecule has 0 atom stereocenters. The zero-order valence-electron chi connectivity index (χ0n) is 20.8. The first-order valence-electron chi connectivity index (χ1n) is 12.3. The van der Waals surface area contributed by atoms with Gasteiger partial charge in [0, 0.05) is 39.2 Å². The largest absolute Gasteiger partial charge is 0.508 e. The molecule has 1 N–H and O–H groups in total. The SMILES string of the molecule is CCCN1CC(Oc2ccc(C(=O)c3c(-c4ccc(OC(=O)C(F)(F)F)cc4)sc4cc(O)ccc34)cc2)C1. The average molecular weight is 556 g/mol. The molecule has 0 spiro atoms. The lowest BCUT2D eigenvalue weighted by molar-refractivity contribution is -0.189. The number of nitrogens with zero attached hydrogens (tertiary/aromatic N) is 1. The second-order valence-electron chi connectivity index (χ2n) is 9.25. The zero-order chi connectivity index (χ0) is 27.7. The number of halogens is 3. The highest BCUT2D eigenvalue weighted by molar-refractivity contribution is 7.22. The Balaban J connectivity index is 1.41. The van der Waals surface area contributed by atoms with Gasteiger partial charge in [-0.25, -0.2) is 4.79 Å². The van der Waals surface area contributed by atoms with Crippen LogP contribution in [0.1, 0.15) is 29.3 Å². The Labute approximate surface area is 226 Å². The van der Waals surface area contributed by atoms with Crippen LogP contribution in [-0.4, -0.2) is 53.7 Å². The highest BCUT2D eigenvalue weighted by Crippen LogP contribution is 2.41. The van der Waals surface area contributed by atoms with E-state index in [0.717, 1.165) is 26.1 Å². The van der Waals surface area contributed by atoms with E-state index in [-0.39, 0.29) is 23.4 Å². The molecular formula is C29H24F3NO5S. The van der Waals surface area contributed by atoms with E-state index in [9.17, 15) is 27.9 Å². The Morgan fingerprint density at radius 3 is 2.31 bits per heavy atom. The minimum Gasteiger partial charge on any atom is -0.508 e. The number of hydrogen-bond donors (Lipinski definition) is 1. The molecule has 202 valence electrons. The van der Waals surface area contributed by atoms with E-state index in [2.05, 4.69) is 16.6 Å². The first kappa shape index (κ1) is 26.7. The van der Waals surface area contributed by atoms with Crippen molar-refractivity contribution < 1.29 is 37.3 Å². The monoisotopic (exact) mass is 555 g/mol. The van der Waals surface area contributed by atoms with Gasteiger partial charge >= 0.3 is 12.1 Å². The summed E-state index contributed by atoms with van der Waals surface area (Å²) in [7, 11) is 0. The fourth-order valence-corrected chi connectivity index (χ4v) is 5.71. The third-order valence-electron chi connectivity index (χ3n) is 6.34. The minimum absolute atomic E-state index is 0.0405. The summed E-state index contributed by atoms with van der Waals surface area (Å²) in [6, 6.07) is 17.1. The van der Waals surface area contributed by atoms with Crippen LogP contribution in [0.4, 0.5) is 13.2 Å². The van der Waals surface area contributed by atoms with E-state index in [0.29, 0.717) is 37.4 Å². The smallest absolute Gasteiger partial charge is 0.491 e. The van der Waals surface area contributed by atoms with Crippen LogP contribution < -0.4 is 9.47 Å². The number of likely N-dealkylation sites (tertiary alicyclic amines) is 1. The third-order valence-corrected chi connectivity index (χ3v) is 7.54. The maximum Gasteiger partial charge on any atom is 0.491 e. The molecule has 5 rings (SSSR count). The van der Waals surface area contributed by atoms with Crippen molar-refractivity contribution in [1.29, 1.82) is 0 Å². The normalized spacial score (nSPS) is 14.3. The molecule has 1 aliphatic heterocycles. The number of carbonyl (C=O) groups excluding carboxylic acids is 2. The molecule has 39 heavy (non-hydrogen) atoms. The van der Waals surface area contributed by atoms with Gasteiger partial charge in [-0.15, -0.1) is 11.3 Å². The van der Waals surface area contributed by atoms with Crippen LogP contribution in [0.25, 0.3) is 20.5 Å². The molecule has 0 bridgehead atoms. The van der Waals surface area contributed by atoms with E-state index in [1.165, 1.54) is 41.7 Å². The third kappa shape index (κ3) is 5.76. The molecule has 6 nitrogen and oxygen atoms in total. The van der Waals surface area contributed by atoms with Gasteiger partial charge in [0.25, 0.3) is 0 Å². The first-order chi connectivity index (χ1) is 18.6. The fraction of sp³-hybridized carbons (Fsp3) is 0.241. The molecule has 3 aromatic carbocycles. The van der Waals surface area contributed by atoms with Gasteiger partial charge in [0.1, 0.15) is 23.4 Å². The number of aromatic hydroxyl groups is 1. The number of ether oxygens (including phenoxy) is 2. The fourth-order valence-electron chi connectivity index (χ4n) is 4.47. The van der Waals surface area contributed by atoms with Gasteiger partial charge in [-0.3, -0.25) is 9.69 Å². The molecule has 10 heteroatoms. The van der Waals surface area contributed by atoms with Crippen LogP contribution in [-0.2, 0) is 4.79 Å². The number of phenolic OH excluding ortho intramolecular Hbond substituents is 1. The standard InChI is InChI=1S/C29H24F3NO5S/c1-2-13-33-15-22(16-33)37-20-8-3-17(4-9-20)26(35)25-23-12-7-19(34)14-24(23)39-27(25)18-5-10-21(11-6-18)38-28(36)29(30,31)32/h3-12,14,22,34H,2,13,15-16H2,1H3. The molecule has 4 aromatic rings. The molecular weight excluding hydrogens is 531 g/mol. The summed E-state index contributed by atoms with van der Waals surface area (Å²) in [6.07, 6.45) is -3.89. The van der Waals surface area contributed by atoms with Crippen molar-refractivity contribution >= 4 is 33.2 Å². The van der Waals surface area contributed by atoms with Gasteiger partial charge < -0.3 is 14.6 Å². The lowest BCUT2D eigenvalue weighted by Crippen LogP contribution is -2.53. The minimum atomic E-state index is -5.11. The molecule has 0 saturated carbocycles. The van der Waals surface area contributed by atoms with Crippen molar-refractivity contribution in [2.75, 3.05) is 19.6 Å². The second kappa shape index (κ2) is 10.7. The Kier molecular flexibility index (Phi) is 7.33. The number of esters is 1. The summed E-state index contributed by atoms with van der Waals surface area (Å²) in [5.74, 6) is -2.12. The first-order valence-corrected chi connectivity index (χ1v) is 13.1. The van der Waals surface area contributed by atoms with Crippen LogP contribution in [0.5, 0.6) is 17.2 Å². The highest BCUT2D eigenvalue weighted by Gasteiger charge is 2.41. The quantitative estimate of drug-likeness (QED) is 0.153. The number of hydrogen-bond acceptors (Lipinski definition) is 7. The number of fused-ring (bicyclic) bond motifs is 1. The van der Waals surface area contributed by atoms with Crippen molar-refractivity contribution in [3.05, 3.63) is 77.9 Å². The molecule has 0 radical (unpaired) electrons. The van der Waals surface area contributed by atoms with Crippen LogP contribution in [0.2, 0.25) is 0 Å². The van der Waals surface area contributed by atoms with Crippen molar-refractivity contribution in [3.8, 4) is 27.7 Å². The van der Waals surface area contributed by atoms with E-state index in [1.54, 1.807) is 36.4 Å². The van der Waals surface area contributed by atoms with Gasteiger partial charge in [-0.2, -0.15) is 13.2 Å². The number of benzene rings is 3. The molecule has 1 aromatic heterocycles. The Bertz CT molecular complexity index is 1510. The topological polar surface area (TPSA) is 76.1 Å². The van der Waals surface area contributed by atoms with Gasteiger partial charge in [0.15, 0.2) is 5.78 Å². The van der Waals surface area contributed by atoms with Crippen molar-refractivity contribution in [3.63, 3.8) is 0 Å². The molecule has 1 fully saturated rings. The van der Waals surface area contributed by atoms with Crippen LogP contribution >= 0.6 is 11.3 Å². The van der Waals surface area contributed by atoms with Crippen LogP contribution in [0.3, 0.4) is 0 Å². The molecule has 0 unspecified atom stereocenters. The maximum atomic E-state index is 13.7. The summed E-state index contributed by atoms with van der Waals surface area (Å²) in [4.78, 5) is 27.8. The predicted octanol–water partition coefficient (Wildman–Crippen LogP) is 6.45. The van der Waals surface area contributed by atoms with Crippen LogP contribution in [0, 0.1) is 0 Å². The summed E-state index contributed by atoms with van der Waals surface area (Å²) in [5.41, 5.74) is 1.39. The van der Waals surface area contributed by atoms with Crippen molar-refractivity contribution in [2.24, 2.45) is 0 Å². The maximum absolute atomic E-state index is 13.7. The van der Waals surface area contributed by atoms with E-state index in [4.69, 9.17) is 4.74 Å². The summed E-state index contributed by atoms with van der Waals surface area (Å²) >= 11 is 1.27. The van der Waals surface area contributed by atoms with E-state index in [1.807, 2.05) is 0 Å². The summed E-state index contributed by atoms with van der Waals surface area (Å²) in [5, 5.41) is 10.6. The van der Waals surface area contributed by atoms with Gasteiger partial charge in [-0.1, -0.05) is 6.92 Å². The molecule has 1 aliphatic rings. The predicted molar refractivity (Wildman–Crippen MR) is 142 cm³/mol. The van der Waals surface area contributed by atoms with Gasteiger partial charge in [0.2, 0.25) is 0 Å². The van der Waals surface area contributed by atoms with Crippen molar-refractivity contribution in [2.45, 2.75) is 25.6 Å². The summed E-state index contributed by atoms with van der Waals surface area (Å²) in [6.45, 7) is 4.93. The number of rotatable bonds is 8. The molecule has 0 aliphatic carbocycles. The van der Waals surface area contributed by atoms with Gasteiger partial charge in [-0.05, 0) is 85.3 Å². The molecule has 2 heterocycles. The Morgan fingerprint density at radius 1 is 1.00 bits per heavy atom. The number of ketones is 1. The highest BCUT2D eigenvalue weighted by atomic mass is 32.1. The number of thiophene rings is 1. The second-order valence-corrected chi connectivity index (χ2v) is 10.3. The number of carbonyl (C=O) groups is 2.